The highest BCUT2D eigenvalue weighted by Gasteiger charge is 2.10. The Labute approximate surface area is 87.3 Å². The minimum Gasteiger partial charge on any atom is -0.347 e. The van der Waals surface area contributed by atoms with Crippen molar-refractivity contribution in [2.24, 2.45) is 0 Å². The third-order valence-electron chi connectivity index (χ3n) is 2.42. The van der Waals surface area contributed by atoms with E-state index in [9.17, 15) is 0 Å². The van der Waals surface area contributed by atoms with E-state index in [1.165, 1.54) is 32.1 Å². The first-order valence-corrected chi connectivity index (χ1v) is 5.83. The third kappa shape index (κ3) is 5.40. The highest BCUT2D eigenvalue weighted by Crippen LogP contribution is 2.08. The molecule has 1 fully saturated rings. The van der Waals surface area contributed by atoms with Crippen LogP contribution in [0.3, 0.4) is 0 Å². The molecule has 0 aliphatic carbocycles. The van der Waals surface area contributed by atoms with E-state index < -0.39 is 0 Å². The summed E-state index contributed by atoms with van der Waals surface area (Å²) >= 11 is 0. The molecule has 82 valence electrons. The molecular weight excluding hydrogens is 176 g/mol. The number of hydrogen-bond acceptors (Lipinski definition) is 2. The number of allylic oxidation sites excluding steroid dienone is 1. The zero-order valence-corrected chi connectivity index (χ0v) is 9.21. The van der Waals surface area contributed by atoms with Gasteiger partial charge in [-0.05, 0) is 18.9 Å². The molecule has 1 saturated heterocycles. The summed E-state index contributed by atoms with van der Waals surface area (Å²) in [6, 6.07) is 0. The lowest BCUT2D eigenvalue weighted by molar-refractivity contribution is -0.00173. The molecule has 0 N–H and O–H groups in total. The molecule has 2 nitrogen and oxygen atoms in total. The van der Waals surface area contributed by atoms with Crippen LogP contribution in [0.5, 0.6) is 0 Å². The average molecular weight is 198 g/mol. The minimum atomic E-state index is -0.0642. The van der Waals surface area contributed by atoms with Gasteiger partial charge in [0.2, 0.25) is 0 Å². The van der Waals surface area contributed by atoms with Crippen molar-refractivity contribution in [1.29, 1.82) is 0 Å². The van der Waals surface area contributed by atoms with Crippen LogP contribution in [0.4, 0.5) is 0 Å². The first-order valence-electron chi connectivity index (χ1n) is 5.83. The first-order chi connectivity index (χ1) is 6.93. The van der Waals surface area contributed by atoms with Crippen LogP contribution in [0.1, 0.15) is 45.4 Å². The van der Waals surface area contributed by atoms with Gasteiger partial charge in [0.05, 0.1) is 13.2 Å². The standard InChI is InChI=1S/C12H22O2/c1-2-3-4-5-6-7-8-9-12-13-10-11-14-12/h8-9,12H,2-7,10-11H2,1H3/b9-8+. The molecule has 0 spiro atoms. The van der Waals surface area contributed by atoms with Gasteiger partial charge in [0.1, 0.15) is 0 Å². The van der Waals surface area contributed by atoms with E-state index in [0.29, 0.717) is 0 Å². The van der Waals surface area contributed by atoms with Crippen LogP contribution >= 0.6 is 0 Å². The van der Waals surface area contributed by atoms with Crippen molar-refractivity contribution in [3.63, 3.8) is 0 Å². The number of rotatable bonds is 7. The molecular formula is C12H22O2. The second-order valence-electron chi connectivity index (χ2n) is 3.74. The molecule has 0 bridgehead atoms. The molecule has 0 unspecified atom stereocenters. The van der Waals surface area contributed by atoms with Crippen LogP contribution in [0.25, 0.3) is 0 Å². The molecule has 0 aromatic carbocycles. The molecule has 0 radical (unpaired) electrons. The lowest BCUT2D eigenvalue weighted by atomic mass is 10.1. The summed E-state index contributed by atoms with van der Waals surface area (Å²) in [6.45, 7) is 3.73. The van der Waals surface area contributed by atoms with Crippen molar-refractivity contribution in [1.82, 2.24) is 0 Å². The molecule has 0 amide bonds. The van der Waals surface area contributed by atoms with Crippen LogP contribution < -0.4 is 0 Å². The van der Waals surface area contributed by atoms with Crippen molar-refractivity contribution < 1.29 is 9.47 Å². The van der Waals surface area contributed by atoms with Gasteiger partial charge in [-0.1, -0.05) is 38.7 Å². The smallest absolute Gasteiger partial charge is 0.177 e. The molecule has 1 heterocycles. The Morgan fingerprint density at radius 3 is 2.50 bits per heavy atom. The quantitative estimate of drug-likeness (QED) is 0.461. The summed E-state index contributed by atoms with van der Waals surface area (Å²) in [4.78, 5) is 0. The van der Waals surface area contributed by atoms with Crippen molar-refractivity contribution in [2.75, 3.05) is 13.2 Å². The van der Waals surface area contributed by atoms with E-state index in [1.54, 1.807) is 0 Å². The normalized spacial score (nSPS) is 18.4. The molecule has 14 heavy (non-hydrogen) atoms. The molecule has 1 aliphatic heterocycles. The van der Waals surface area contributed by atoms with E-state index in [-0.39, 0.29) is 6.29 Å². The van der Waals surface area contributed by atoms with Gasteiger partial charge in [-0.3, -0.25) is 0 Å². The molecule has 1 rings (SSSR count). The Kier molecular flexibility index (Phi) is 6.71. The van der Waals surface area contributed by atoms with Gasteiger partial charge >= 0.3 is 0 Å². The first kappa shape index (κ1) is 11.7. The van der Waals surface area contributed by atoms with Gasteiger partial charge in [0.25, 0.3) is 0 Å². The van der Waals surface area contributed by atoms with Crippen LogP contribution in [0.2, 0.25) is 0 Å². The summed E-state index contributed by atoms with van der Waals surface area (Å²) in [5.41, 5.74) is 0. The van der Waals surface area contributed by atoms with E-state index in [2.05, 4.69) is 13.0 Å². The minimum absolute atomic E-state index is 0.0642. The van der Waals surface area contributed by atoms with Gasteiger partial charge in [0.15, 0.2) is 6.29 Å². The lowest BCUT2D eigenvalue weighted by Crippen LogP contribution is -2.01. The van der Waals surface area contributed by atoms with Crippen molar-refractivity contribution in [3.8, 4) is 0 Å². The van der Waals surface area contributed by atoms with Crippen molar-refractivity contribution >= 4 is 0 Å². The zero-order chi connectivity index (χ0) is 10.1. The van der Waals surface area contributed by atoms with E-state index in [4.69, 9.17) is 9.47 Å². The van der Waals surface area contributed by atoms with Gasteiger partial charge in [0, 0.05) is 0 Å². The summed E-state index contributed by atoms with van der Waals surface area (Å²) in [6.07, 6.45) is 12.0. The molecule has 0 aromatic heterocycles. The van der Waals surface area contributed by atoms with Crippen molar-refractivity contribution in [3.05, 3.63) is 12.2 Å². The van der Waals surface area contributed by atoms with Gasteiger partial charge < -0.3 is 9.47 Å². The Balaban J connectivity index is 1.87. The number of hydrogen-bond donors (Lipinski definition) is 0. The fraction of sp³-hybridized carbons (Fsp3) is 0.833. The zero-order valence-electron chi connectivity index (χ0n) is 9.21. The van der Waals surface area contributed by atoms with Crippen LogP contribution in [-0.2, 0) is 9.47 Å². The molecule has 1 aliphatic rings. The summed E-state index contributed by atoms with van der Waals surface area (Å²) in [7, 11) is 0. The summed E-state index contributed by atoms with van der Waals surface area (Å²) < 4.78 is 10.6. The topological polar surface area (TPSA) is 18.5 Å². The Bertz CT molecular complexity index is 148. The predicted octanol–water partition coefficient (Wildman–Crippen LogP) is 3.28. The molecule has 2 heteroatoms. The van der Waals surface area contributed by atoms with Crippen molar-refractivity contribution in [2.45, 2.75) is 51.7 Å². The number of unbranched alkanes of at least 4 members (excludes halogenated alkanes) is 5. The average Bonchev–Trinajstić information content (AvgIpc) is 2.69. The molecule has 0 aromatic rings. The fourth-order valence-electron chi connectivity index (χ4n) is 1.56. The van der Waals surface area contributed by atoms with Gasteiger partial charge in [-0.2, -0.15) is 0 Å². The second kappa shape index (κ2) is 8.01. The lowest BCUT2D eigenvalue weighted by Gasteiger charge is -2.01. The Hall–Kier alpha value is -0.340. The van der Waals surface area contributed by atoms with Gasteiger partial charge in [-0.25, -0.2) is 0 Å². The SMILES string of the molecule is CCCCCCC/C=C/C1OCCO1. The van der Waals surface area contributed by atoms with Crippen LogP contribution in [0.15, 0.2) is 12.2 Å². The second-order valence-corrected chi connectivity index (χ2v) is 3.74. The maximum atomic E-state index is 5.29. The highest BCUT2D eigenvalue weighted by molar-refractivity contribution is 4.86. The summed E-state index contributed by atoms with van der Waals surface area (Å²) in [5, 5.41) is 0. The maximum Gasteiger partial charge on any atom is 0.177 e. The van der Waals surface area contributed by atoms with Crippen LogP contribution in [-0.4, -0.2) is 19.5 Å². The van der Waals surface area contributed by atoms with Crippen LogP contribution in [0, 0.1) is 0 Å². The fourth-order valence-corrected chi connectivity index (χ4v) is 1.56. The Morgan fingerprint density at radius 2 is 1.79 bits per heavy atom. The molecule has 0 saturated carbocycles. The van der Waals surface area contributed by atoms with Gasteiger partial charge in [-0.15, -0.1) is 0 Å². The predicted molar refractivity (Wildman–Crippen MR) is 58.2 cm³/mol. The highest BCUT2D eigenvalue weighted by atomic mass is 16.7. The largest absolute Gasteiger partial charge is 0.347 e. The van der Waals surface area contributed by atoms with E-state index in [1.807, 2.05) is 6.08 Å². The maximum absolute atomic E-state index is 5.29. The number of ether oxygens (including phenoxy) is 2. The third-order valence-corrected chi connectivity index (χ3v) is 2.42. The van der Waals surface area contributed by atoms with E-state index >= 15 is 0 Å². The molecule has 0 atom stereocenters. The Morgan fingerprint density at radius 1 is 1.07 bits per heavy atom. The van der Waals surface area contributed by atoms with E-state index in [0.717, 1.165) is 19.6 Å². The monoisotopic (exact) mass is 198 g/mol. The summed E-state index contributed by atoms with van der Waals surface area (Å²) in [5.74, 6) is 0.